The fourth-order valence-corrected chi connectivity index (χ4v) is 3.10. The van der Waals surface area contributed by atoms with Crippen molar-refractivity contribution in [3.8, 4) is 6.07 Å². The molecular formula is C18H27N3O4. The molecule has 0 spiro atoms. The number of methoxy groups -OCH3 is 1. The van der Waals surface area contributed by atoms with Crippen LogP contribution in [0.15, 0.2) is 18.7 Å². The van der Waals surface area contributed by atoms with Crippen molar-refractivity contribution in [2.45, 2.75) is 52.0 Å². The van der Waals surface area contributed by atoms with Crippen LogP contribution in [-0.4, -0.2) is 33.7 Å². The van der Waals surface area contributed by atoms with Crippen molar-refractivity contribution in [1.82, 2.24) is 9.55 Å². The van der Waals surface area contributed by atoms with E-state index in [-0.39, 0.29) is 18.4 Å². The topological polar surface area (TPSA) is 105 Å². The number of esters is 1. The second-order valence-corrected chi connectivity index (χ2v) is 6.27. The van der Waals surface area contributed by atoms with Crippen molar-refractivity contribution < 1.29 is 19.4 Å². The van der Waals surface area contributed by atoms with Crippen molar-refractivity contribution in [2.24, 2.45) is 17.8 Å². The van der Waals surface area contributed by atoms with E-state index in [0.717, 1.165) is 6.42 Å². The number of hydrogen-bond donors (Lipinski definition) is 1. The number of aromatic nitrogens is 2. The summed E-state index contributed by atoms with van der Waals surface area (Å²) in [5, 5.41) is 18.8. The number of nitrogens with zero attached hydrogens (tertiary/aromatic N) is 3. The number of carbonyl (C=O) groups is 2. The predicted octanol–water partition coefficient (Wildman–Crippen LogP) is 3.04. The molecule has 0 bridgehead atoms. The molecule has 0 radical (unpaired) electrons. The lowest BCUT2D eigenvalue weighted by Crippen LogP contribution is -2.26. The summed E-state index contributed by atoms with van der Waals surface area (Å²) in [6, 6.07) is 2.39. The molecule has 7 heteroatoms. The number of nitriles is 1. The van der Waals surface area contributed by atoms with Crippen LogP contribution in [0.5, 0.6) is 0 Å². The average molecular weight is 349 g/mol. The lowest BCUT2D eigenvalue weighted by atomic mass is 9.84. The van der Waals surface area contributed by atoms with E-state index in [1.54, 1.807) is 19.4 Å². The van der Waals surface area contributed by atoms with Gasteiger partial charge in [0.15, 0.2) is 0 Å². The average Bonchev–Trinajstić information content (AvgIpc) is 3.14. The Balaban J connectivity index is 2.83. The molecule has 1 aromatic heterocycles. The molecule has 4 unspecified atom stereocenters. The summed E-state index contributed by atoms with van der Waals surface area (Å²) in [5.41, 5.74) is 0. The van der Waals surface area contributed by atoms with Gasteiger partial charge in [-0.2, -0.15) is 5.26 Å². The monoisotopic (exact) mass is 349 g/mol. The Kier molecular flexibility index (Phi) is 8.68. The van der Waals surface area contributed by atoms with Gasteiger partial charge in [-0.05, 0) is 32.1 Å². The van der Waals surface area contributed by atoms with Gasteiger partial charge in [-0.15, -0.1) is 0 Å². The molecule has 0 aliphatic rings. The van der Waals surface area contributed by atoms with Gasteiger partial charge in [0.1, 0.15) is 0 Å². The maximum atomic E-state index is 12.1. The van der Waals surface area contributed by atoms with Gasteiger partial charge in [0.25, 0.3) is 0 Å². The fourth-order valence-electron chi connectivity index (χ4n) is 3.10. The van der Waals surface area contributed by atoms with Crippen molar-refractivity contribution >= 4 is 11.9 Å². The van der Waals surface area contributed by atoms with Crippen LogP contribution >= 0.6 is 0 Å². The number of aliphatic carboxylic acids is 1. The van der Waals surface area contributed by atoms with Gasteiger partial charge in [0, 0.05) is 24.4 Å². The van der Waals surface area contributed by atoms with Gasteiger partial charge in [-0.1, -0.05) is 13.8 Å². The third-order valence-corrected chi connectivity index (χ3v) is 4.67. The summed E-state index contributed by atoms with van der Waals surface area (Å²) < 4.78 is 6.79. The smallest absolute Gasteiger partial charge is 0.308 e. The molecule has 7 nitrogen and oxygen atoms in total. The summed E-state index contributed by atoms with van der Waals surface area (Å²) in [6.07, 6.45) is 7.63. The maximum Gasteiger partial charge on any atom is 0.308 e. The van der Waals surface area contributed by atoms with Crippen LogP contribution in [0.4, 0.5) is 0 Å². The molecule has 0 saturated carbocycles. The first kappa shape index (κ1) is 20.7. The van der Waals surface area contributed by atoms with E-state index >= 15 is 0 Å². The van der Waals surface area contributed by atoms with E-state index in [4.69, 9.17) is 4.74 Å². The van der Waals surface area contributed by atoms with Crippen LogP contribution < -0.4 is 0 Å². The normalized spacial score (nSPS) is 15.6. The van der Waals surface area contributed by atoms with Crippen LogP contribution in [0, 0.1) is 29.1 Å². The highest BCUT2D eigenvalue weighted by Gasteiger charge is 2.30. The van der Waals surface area contributed by atoms with Gasteiger partial charge in [-0.3, -0.25) is 9.59 Å². The summed E-state index contributed by atoms with van der Waals surface area (Å²) in [7, 11) is 1.29. The zero-order chi connectivity index (χ0) is 18.8. The SMILES string of the molecule is CCC(CC(CC(C#N)CC(CC)n1ccnc1)C(=O)OC)C(=O)O. The van der Waals surface area contributed by atoms with E-state index in [0.29, 0.717) is 19.3 Å². The van der Waals surface area contributed by atoms with Gasteiger partial charge in [-0.25, -0.2) is 4.98 Å². The summed E-state index contributed by atoms with van der Waals surface area (Å²) in [5.74, 6) is -2.93. The first-order chi connectivity index (χ1) is 12.0. The molecule has 0 fully saturated rings. The Bertz CT molecular complexity index is 580. The molecule has 1 heterocycles. The number of carbonyl (C=O) groups excluding carboxylic acids is 1. The quantitative estimate of drug-likeness (QED) is 0.616. The minimum Gasteiger partial charge on any atom is -0.481 e. The van der Waals surface area contributed by atoms with Gasteiger partial charge in [0.2, 0.25) is 0 Å². The van der Waals surface area contributed by atoms with Crippen LogP contribution in [0.25, 0.3) is 0 Å². The molecule has 25 heavy (non-hydrogen) atoms. The summed E-state index contributed by atoms with van der Waals surface area (Å²) in [4.78, 5) is 27.4. The van der Waals surface area contributed by atoms with Crippen LogP contribution in [0.3, 0.4) is 0 Å². The number of ether oxygens (including phenoxy) is 1. The van der Waals surface area contributed by atoms with Gasteiger partial charge < -0.3 is 14.4 Å². The first-order valence-corrected chi connectivity index (χ1v) is 8.64. The second-order valence-electron chi connectivity index (χ2n) is 6.27. The van der Waals surface area contributed by atoms with Crippen molar-refractivity contribution in [2.75, 3.05) is 7.11 Å². The first-order valence-electron chi connectivity index (χ1n) is 8.64. The summed E-state index contributed by atoms with van der Waals surface area (Å²) in [6.45, 7) is 3.81. The fraction of sp³-hybridized carbons (Fsp3) is 0.667. The van der Waals surface area contributed by atoms with Crippen molar-refractivity contribution in [3.63, 3.8) is 0 Å². The lowest BCUT2D eigenvalue weighted by molar-refractivity contribution is -0.148. The molecule has 0 aliphatic carbocycles. The minimum absolute atomic E-state index is 0.117. The van der Waals surface area contributed by atoms with Gasteiger partial charge in [0.05, 0.1) is 31.3 Å². The Morgan fingerprint density at radius 2 is 1.96 bits per heavy atom. The highest BCUT2D eigenvalue weighted by atomic mass is 16.5. The Morgan fingerprint density at radius 1 is 1.24 bits per heavy atom. The highest BCUT2D eigenvalue weighted by molar-refractivity contribution is 5.75. The van der Waals surface area contributed by atoms with Gasteiger partial charge >= 0.3 is 11.9 Å². The third kappa shape index (κ3) is 6.22. The molecule has 1 N–H and O–H groups in total. The Labute approximate surface area is 148 Å². The second kappa shape index (κ2) is 10.5. The van der Waals surface area contributed by atoms with Crippen LogP contribution in [0.1, 0.15) is 52.0 Å². The molecule has 0 aliphatic heterocycles. The molecule has 4 atom stereocenters. The number of carboxylic acid groups (broad SMARTS) is 1. The number of hydrogen-bond acceptors (Lipinski definition) is 5. The molecule has 1 aromatic rings. The molecular weight excluding hydrogens is 322 g/mol. The zero-order valence-corrected chi connectivity index (χ0v) is 15.1. The number of imidazole rings is 1. The van der Waals surface area contributed by atoms with Crippen molar-refractivity contribution in [1.29, 1.82) is 5.26 Å². The molecule has 0 aromatic carbocycles. The molecule has 0 saturated heterocycles. The Morgan fingerprint density at radius 3 is 2.40 bits per heavy atom. The van der Waals surface area contributed by atoms with Crippen LogP contribution in [-0.2, 0) is 14.3 Å². The van der Waals surface area contributed by atoms with E-state index in [2.05, 4.69) is 11.1 Å². The highest BCUT2D eigenvalue weighted by Crippen LogP contribution is 2.29. The summed E-state index contributed by atoms with van der Waals surface area (Å²) >= 11 is 0. The zero-order valence-electron chi connectivity index (χ0n) is 15.1. The predicted molar refractivity (Wildman–Crippen MR) is 91.4 cm³/mol. The van der Waals surface area contributed by atoms with Crippen LogP contribution in [0.2, 0.25) is 0 Å². The van der Waals surface area contributed by atoms with Crippen molar-refractivity contribution in [3.05, 3.63) is 18.7 Å². The largest absolute Gasteiger partial charge is 0.481 e. The van der Waals surface area contributed by atoms with E-state index < -0.39 is 23.8 Å². The standard InChI is InChI=1S/C18H27N3O4/c1-4-14(17(22)23)10-15(18(24)25-3)8-13(11-19)9-16(5-2)21-7-6-20-12-21/h6-7,12-16H,4-5,8-10H2,1-3H3,(H,22,23). The lowest BCUT2D eigenvalue weighted by Gasteiger charge is -2.23. The molecule has 0 amide bonds. The maximum absolute atomic E-state index is 12.1. The van der Waals surface area contributed by atoms with E-state index in [1.165, 1.54) is 7.11 Å². The Hall–Kier alpha value is -2.36. The minimum atomic E-state index is -0.922. The molecule has 1 rings (SSSR count). The molecule has 138 valence electrons. The number of carboxylic acids is 1. The number of rotatable bonds is 11. The van der Waals surface area contributed by atoms with E-state index in [1.807, 2.05) is 17.7 Å². The van der Waals surface area contributed by atoms with E-state index in [9.17, 15) is 20.0 Å². The third-order valence-electron chi connectivity index (χ3n) is 4.67.